The van der Waals surface area contributed by atoms with Crippen LogP contribution in [0.4, 0.5) is 0 Å². The molecule has 1 heterocycles. The highest BCUT2D eigenvalue weighted by atomic mass is 16.2. The summed E-state index contributed by atoms with van der Waals surface area (Å²) in [6.45, 7) is 7.22. The second-order valence-corrected chi connectivity index (χ2v) is 5.97. The summed E-state index contributed by atoms with van der Waals surface area (Å²) in [5.74, 6) is 0.157. The van der Waals surface area contributed by atoms with Crippen molar-refractivity contribution >= 4 is 5.91 Å². The molecule has 20 heavy (non-hydrogen) atoms. The van der Waals surface area contributed by atoms with Crippen molar-refractivity contribution in [3.8, 4) is 0 Å². The van der Waals surface area contributed by atoms with Crippen LogP contribution in [0.3, 0.4) is 0 Å². The Hall–Kier alpha value is -1.35. The van der Waals surface area contributed by atoms with Gasteiger partial charge in [0.1, 0.15) is 0 Å². The van der Waals surface area contributed by atoms with Gasteiger partial charge >= 0.3 is 0 Å². The number of hydrogen-bond donors (Lipinski definition) is 2. The minimum atomic E-state index is -0.340. The predicted molar refractivity (Wildman–Crippen MR) is 82.6 cm³/mol. The van der Waals surface area contributed by atoms with E-state index in [1.54, 1.807) is 0 Å². The fourth-order valence-corrected chi connectivity index (χ4v) is 3.03. The first-order valence-electron chi connectivity index (χ1n) is 7.70. The summed E-state index contributed by atoms with van der Waals surface area (Å²) in [6, 6.07) is 8.42. The minimum absolute atomic E-state index is 0.0548. The van der Waals surface area contributed by atoms with Crippen LogP contribution < -0.4 is 10.6 Å². The number of carbonyl (C=O) groups is 1. The van der Waals surface area contributed by atoms with E-state index >= 15 is 0 Å². The van der Waals surface area contributed by atoms with Crippen LogP contribution in [-0.4, -0.2) is 18.0 Å². The standard InChI is InChI=1S/C17H26N2O/c1-4-10-17(11-5-12-18-17)16(20)19-14(3)15-8-6-13(2)7-9-15/h6-9,14,18H,4-5,10-12H2,1-3H3,(H,19,20). The first-order valence-corrected chi connectivity index (χ1v) is 7.70. The molecule has 1 aromatic carbocycles. The van der Waals surface area contributed by atoms with E-state index in [1.807, 2.05) is 0 Å². The second-order valence-electron chi connectivity index (χ2n) is 5.97. The molecule has 2 unspecified atom stereocenters. The Labute approximate surface area is 122 Å². The molecule has 2 rings (SSSR count). The average molecular weight is 274 g/mol. The molecule has 0 aliphatic carbocycles. The Morgan fingerprint density at radius 2 is 2.10 bits per heavy atom. The largest absolute Gasteiger partial charge is 0.348 e. The molecule has 0 saturated carbocycles. The van der Waals surface area contributed by atoms with E-state index in [0.29, 0.717) is 0 Å². The van der Waals surface area contributed by atoms with Gasteiger partial charge in [-0.25, -0.2) is 0 Å². The maximum Gasteiger partial charge on any atom is 0.240 e. The molecule has 3 heteroatoms. The highest BCUT2D eigenvalue weighted by Crippen LogP contribution is 2.26. The molecule has 1 aliphatic heterocycles. The van der Waals surface area contributed by atoms with Crippen LogP contribution >= 0.6 is 0 Å². The molecule has 1 aromatic rings. The smallest absolute Gasteiger partial charge is 0.240 e. The van der Waals surface area contributed by atoms with Gasteiger partial charge in [0.15, 0.2) is 0 Å². The van der Waals surface area contributed by atoms with Crippen LogP contribution in [-0.2, 0) is 4.79 Å². The van der Waals surface area contributed by atoms with Crippen molar-refractivity contribution in [2.24, 2.45) is 0 Å². The molecular weight excluding hydrogens is 248 g/mol. The van der Waals surface area contributed by atoms with Gasteiger partial charge in [-0.15, -0.1) is 0 Å². The number of amides is 1. The molecule has 0 aromatic heterocycles. The number of hydrogen-bond acceptors (Lipinski definition) is 2. The minimum Gasteiger partial charge on any atom is -0.348 e. The quantitative estimate of drug-likeness (QED) is 0.866. The third-order valence-electron chi connectivity index (χ3n) is 4.28. The molecule has 0 radical (unpaired) electrons. The molecule has 1 amide bonds. The van der Waals surface area contributed by atoms with Gasteiger partial charge < -0.3 is 10.6 Å². The number of rotatable bonds is 5. The zero-order chi connectivity index (χ0) is 14.6. The summed E-state index contributed by atoms with van der Waals surface area (Å²) >= 11 is 0. The van der Waals surface area contributed by atoms with Crippen LogP contribution in [0.5, 0.6) is 0 Å². The highest BCUT2D eigenvalue weighted by Gasteiger charge is 2.40. The molecule has 0 bridgehead atoms. The van der Waals surface area contributed by atoms with Gasteiger partial charge in [0, 0.05) is 0 Å². The van der Waals surface area contributed by atoms with E-state index in [-0.39, 0.29) is 17.5 Å². The topological polar surface area (TPSA) is 41.1 Å². The van der Waals surface area contributed by atoms with Gasteiger partial charge in [-0.3, -0.25) is 4.79 Å². The summed E-state index contributed by atoms with van der Waals surface area (Å²) in [6.07, 6.45) is 3.98. The summed E-state index contributed by atoms with van der Waals surface area (Å²) in [5, 5.41) is 6.61. The van der Waals surface area contributed by atoms with Crippen molar-refractivity contribution < 1.29 is 4.79 Å². The van der Waals surface area contributed by atoms with E-state index in [4.69, 9.17) is 0 Å². The Balaban J connectivity index is 2.04. The van der Waals surface area contributed by atoms with Gasteiger partial charge in [-0.2, -0.15) is 0 Å². The van der Waals surface area contributed by atoms with Gasteiger partial charge in [0.05, 0.1) is 11.6 Å². The summed E-state index contributed by atoms with van der Waals surface area (Å²) in [7, 11) is 0. The van der Waals surface area contributed by atoms with Crippen LogP contribution in [0.15, 0.2) is 24.3 Å². The summed E-state index contributed by atoms with van der Waals surface area (Å²) in [5.41, 5.74) is 2.06. The first-order chi connectivity index (χ1) is 9.57. The van der Waals surface area contributed by atoms with Crippen LogP contribution in [0.25, 0.3) is 0 Å². The Morgan fingerprint density at radius 3 is 2.65 bits per heavy atom. The van der Waals surface area contributed by atoms with E-state index in [1.165, 1.54) is 5.56 Å². The number of nitrogens with one attached hydrogen (secondary N) is 2. The fourth-order valence-electron chi connectivity index (χ4n) is 3.03. The number of carbonyl (C=O) groups excluding carboxylic acids is 1. The molecule has 0 spiro atoms. The Kier molecular flexibility index (Phi) is 4.81. The predicted octanol–water partition coefficient (Wildman–Crippen LogP) is 3.09. The zero-order valence-electron chi connectivity index (χ0n) is 12.8. The summed E-state index contributed by atoms with van der Waals surface area (Å²) in [4.78, 5) is 12.6. The average Bonchev–Trinajstić information content (AvgIpc) is 2.89. The molecule has 1 saturated heterocycles. The lowest BCUT2D eigenvalue weighted by Crippen LogP contribution is -2.53. The maximum absolute atomic E-state index is 12.6. The monoisotopic (exact) mass is 274 g/mol. The Morgan fingerprint density at radius 1 is 1.40 bits per heavy atom. The van der Waals surface area contributed by atoms with Crippen molar-refractivity contribution in [2.75, 3.05) is 6.54 Å². The fraction of sp³-hybridized carbons (Fsp3) is 0.588. The van der Waals surface area contributed by atoms with E-state index in [2.05, 4.69) is 55.7 Å². The summed E-state index contributed by atoms with van der Waals surface area (Å²) < 4.78 is 0. The SMILES string of the molecule is CCCC1(C(=O)NC(C)c2ccc(C)cc2)CCCN1. The van der Waals surface area contributed by atoms with Crippen molar-refractivity contribution in [3.05, 3.63) is 35.4 Å². The second kappa shape index (κ2) is 6.40. The molecule has 2 atom stereocenters. The third kappa shape index (κ3) is 3.21. The van der Waals surface area contributed by atoms with E-state index < -0.39 is 0 Å². The third-order valence-corrected chi connectivity index (χ3v) is 4.28. The first kappa shape index (κ1) is 15.0. The normalized spacial score (nSPS) is 23.6. The van der Waals surface area contributed by atoms with Gasteiger partial charge in [0.2, 0.25) is 5.91 Å². The lowest BCUT2D eigenvalue weighted by molar-refractivity contribution is -0.128. The number of benzene rings is 1. The van der Waals surface area contributed by atoms with Crippen LogP contribution in [0, 0.1) is 6.92 Å². The number of aryl methyl sites for hydroxylation is 1. The van der Waals surface area contributed by atoms with E-state index in [0.717, 1.165) is 37.8 Å². The highest BCUT2D eigenvalue weighted by molar-refractivity contribution is 5.87. The molecule has 2 N–H and O–H groups in total. The molecule has 1 aliphatic rings. The molecule has 110 valence electrons. The van der Waals surface area contributed by atoms with Crippen LogP contribution in [0.1, 0.15) is 56.7 Å². The van der Waals surface area contributed by atoms with Gasteiger partial charge in [0.25, 0.3) is 0 Å². The lowest BCUT2D eigenvalue weighted by Gasteiger charge is -2.29. The van der Waals surface area contributed by atoms with Crippen molar-refractivity contribution in [2.45, 2.75) is 58.0 Å². The molecular formula is C17H26N2O. The molecule has 1 fully saturated rings. The molecule has 3 nitrogen and oxygen atoms in total. The van der Waals surface area contributed by atoms with Crippen molar-refractivity contribution in [3.63, 3.8) is 0 Å². The van der Waals surface area contributed by atoms with Gasteiger partial charge in [-0.05, 0) is 45.2 Å². The van der Waals surface area contributed by atoms with E-state index in [9.17, 15) is 4.79 Å². The van der Waals surface area contributed by atoms with Crippen molar-refractivity contribution in [1.82, 2.24) is 10.6 Å². The lowest BCUT2D eigenvalue weighted by atomic mass is 9.90. The zero-order valence-corrected chi connectivity index (χ0v) is 12.8. The van der Waals surface area contributed by atoms with Gasteiger partial charge in [-0.1, -0.05) is 43.2 Å². The maximum atomic E-state index is 12.6. The van der Waals surface area contributed by atoms with Crippen LogP contribution in [0.2, 0.25) is 0 Å². The Bertz CT molecular complexity index is 447. The van der Waals surface area contributed by atoms with Crippen molar-refractivity contribution in [1.29, 1.82) is 0 Å².